The van der Waals surface area contributed by atoms with Crippen LogP contribution in [0.3, 0.4) is 0 Å². The monoisotopic (exact) mass is 283 g/mol. The molecule has 4 N–H and O–H groups in total. The van der Waals surface area contributed by atoms with Crippen molar-refractivity contribution in [1.29, 1.82) is 0 Å². The smallest absolute Gasteiger partial charge is 0.255 e. The minimum Gasteiger partial charge on any atom is -0.409 e. The minimum atomic E-state index is -0.771. The van der Waals surface area contributed by atoms with Crippen LogP contribution in [-0.2, 0) is 14.3 Å². The average molecular weight is 283 g/mol. The van der Waals surface area contributed by atoms with Crippen molar-refractivity contribution in [1.82, 2.24) is 0 Å². The molecule has 0 radical (unpaired) electrons. The van der Waals surface area contributed by atoms with Gasteiger partial charge in [-0.25, -0.2) is 4.39 Å². The van der Waals surface area contributed by atoms with Crippen molar-refractivity contribution in [3.05, 3.63) is 29.6 Å². The molecule has 0 bridgehead atoms. The summed E-state index contributed by atoms with van der Waals surface area (Å²) in [6, 6.07) is 3.98. The molecule has 1 unspecified atom stereocenters. The van der Waals surface area contributed by atoms with Crippen molar-refractivity contribution in [2.45, 2.75) is 6.10 Å². The Morgan fingerprint density at radius 1 is 1.50 bits per heavy atom. The van der Waals surface area contributed by atoms with Gasteiger partial charge >= 0.3 is 0 Å². The second-order valence-corrected chi connectivity index (χ2v) is 4.07. The Morgan fingerprint density at radius 2 is 2.30 bits per heavy atom. The molecule has 1 fully saturated rings. The van der Waals surface area contributed by atoms with Gasteiger partial charge in [-0.05, 0) is 12.1 Å². The molecule has 1 aliphatic heterocycles. The van der Waals surface area contributed by atoms with Gasteiger partial charge in [-0.3, -0.25) is 4.79 Å². The first-order valence-corrected chi connectivity index (χ1v) is 5.90. The van der Waals surface area contributed by atoms with E-state index in [4.69, 9.17) is 20.4 Å². The number of amides is 1. The molecule has 8 heteroatoms. The van der Waals surface area contributed by atoms with E-state index in [1.54, 1.807) is 0 Å². The van der Waals surface area contributed by atoms with E-state index in [0.717, 1.165) is 6.07 Å². The second-order valence-electron chi connectivity index (χ2n) is 4.07. The molecule has 1 aliphatic rings. The summed E-state index contributed by atoms with van der Waals surface area (Å²) in [6.07, 6.45) is -0.771. The molecule has 1 aromatic carbocycles. The Morgan fingerprint density at radius 3 is 2.95 bits per heavy atom. The molecule has 0 aliphatic carbocycles. The third-order valence-electron chi connectivity index (χ3n) is 2.74. The largest absolute Gasteiger partial charge is 0.409 e. The van der Waals surface area contributed by atoms with Gasteiger partial charge in [0.2, 0.25) is 0 Å². The van der Waals surface area contributed by atoms with Crippen molar-refractivity contribution >= 4 is 17.4 Å². The van der Waals surface area contributed by atoms with Gasteiger partial charge in [0, 0.05) is 0 Å². The molecule has 20 heavy (non-hydrogen) atoms. The molecule has 1 atom stereocenters. The molecule has 1 aromatic rings. The van der Waals surface area contributed by atoms with Crippen LogP contribution in [0.4, 0.5) is 10.1 Å². The average Bonchev–Trinajstić information content (AvgIpc) is 2.47. The predicted molar refractivity (Wildman–Crippen MR) is 68.1 cm³/mol. The summed E-state index contributed by atoms with van der Waals surface area (Å²) < 4.78 is 24.0. The number of rotatable bonds is 3. The van der Waals surface area contributed by atoms with Crippen LogP contribution < -0.4 is 11.1 Å². The quantitative estimate of drug-likeness (QED) is 0.319. The number of anilines is 1. The van der Waals surface area contributed by atoms with Crippen LogP contribution in [0, 0.1) is 5.82 Å². The highest BCUT2D eigenvalue weighted by Gasteiger charge is 2.24. The lowest BCUT2D eigenvalue weighted by Crippen LogP contribution is -2.39. The van der Waals surface area contributed by atoms with Crippen molar-refractivity contribution in [3.63, 3.8) is 0 Å². The van der Waals surface area contributed by atoms with Gasteiger partial charge in [-0.15, -0.1) is 0 Å². The van der Waals surface area contributed by atoms with Gasteiger partial charge in [0.25, 0.3) is 5.91 Å². The van der Waals surface area contributed by atoms with Crippen molar-refractivity contribution in [2.75, 3.05) is 25.1 Å². The summed E-state index contributed by atoms with van der Waals surface area (Å²) in [5, 5.41) is 13.9. The number of carbonyl (C=O) groups excluding carboxylic acids is 1. The highest BCUT2D eigenvalue weighted by atomic mass is 19.1. The number of oxime groups is 1. The number of nitrogens with zero attached hydrogens (tertiary/aromatic N) is 1. The van der Waals surface area contributed by atoms with Gasteiger partial charge in [-0.1, -0.05) is 11.2 Å². The van der Waals surface area contributed by atoms with Gasteiger partial charge in [-0.2, -0.15) is 0 Å². The van der Waals surface area contributed by atoms with E-state index in [9.17, 15) is 9.18 Å². The third kappa shape index (κ3) is 3.03. The van der Waals surface area contributed by atoms with Crippen LogP contribution in [0.25, 0.3) is 0 Å². The first-order chi connectivity index (χ1) is 9.63. The van der Waals surface area contributed by atoms with Gasteiger partial charge < -0.3 is 25.7 Å². The molecular formula is C12H14FN3O4. The number of nitrogens with two attached hydrogens (primary N) is 1. The number of benzene rings is 1. The SMILES string of the molecule is NC(=NO)c1c(F)cccc1NC(=O)C1COCCO1. The van der Waals surface area contributed by atoms with Gasteiger partial charge in [0.1, 0.15) is 5.82 Å². The summed E-state index contributed by atoms with van der Waals surface area (Å²) >= 11 is 0. The van der Waals surface area contributed by atoms with Crippen molar-refractivity contribution in [2.24, 2.45) is 10.9 Å². The van der Waals surface area contributed by atoms with Crippen molar-refractivity contribution in [3.8, 4) is 0 Å². The van der Waals surface area contributed by atoms with E-state index < -0.39 is 23.7 Å². The fourth-order valence-corrected chi connectivity index (χ4v) is 1.79. The summed E-state index contributed by atoms with van der Waals surface area (Å²) in [5.41, 5.74) is 5.32. The first kappa shape index (κ1) is 14.2. The van der Waals surface area contributed by atoms with Gasteiger partial charge in [0.15, 0.2) is 11.9 Å². The van der Waals surface area contributed by atoms with E-state index in [1.165, 1.54) is 12.1 Å². The fraction of sp³-hybridized carbons (Fsp3) is 0.333. The van der Waals surface area contributed by atoms with Crippen LogP contribution in [-0.4, -0.2) is 42.9 Å². The lowest BCUT2D eigenvalue weighted by atomic mass is 10.1. The molecule has 0 aromatic heterocycles. The lowest BCUT2D eigenvalue weighted by molar-refractivity contribution is -0.142. The van der Waals surface area contributed by atoms with Gasteiger partial charge in [0.05, 0.1) is 31.1 Å². The molecular weight excluding hydrogens is 269 g/mol. The van der Waals surface area contributed by atoms with Crippen molar-refractivity contribution < 1.29 is 23.9 Å². The topological polar surface area (TPSA) is 106 Å². The molecule has 1 saturated heterocycles. The van der Waals surface area contributed by atoms with Crippen LogP contribution >= 0.6 is 0 Å². The molecule has 108 valence electrons. The van der Waals surface area contributed by atoms with E-state index >= 15 is 0 Å². The highest BCUT2D eigenvalue weighted by Crippen LogP contribution is 2.19. The zero-order valence-corrected chi connectivity index (χ0v) is 10.5. The maximum Gasteiger partial charge on any atom is 0.255 e. The molecule has 2 rings (SSSR count). The number of hydrogen-bond acceptors (Lipinski definition) is 5. The third-order valence-corrected chi connectivity index (χ3v) is 2.74. The number of hydrogen-bond donors (Lipinski definition) is 3. The summed E-state index contributed by atoms with van der Waals surface area (Å²) in [4.78, 5) is 12.0. The molecule has 0 spiro atoms. The summed E-state index contributed by atoms with van der Waals surface area (Å²) in [5.74, 6) is -1.62. The second kappa shape index (κ2) is 6.31. The maximum absolute atomic E-state index is 13.7. The number of carbonyl (C=O) groups is 1. The number of amidine groups is 1. The van der Waals surface area contributed by atoms with Crippen LogP contribution in [0.1, 0.15) is 5.56 Å². The molecule has 1 heterocycles. The molecule has 1 amide bonds. The molecule has 0 saturated carbocycles. The Bertz CT molecular complexity index is 529. The van der Waals surface area contributed by atoms with Crippen LogP contribution in [0.2, 0.25) is 0 Å². The molecule has 7 nitrogen and oxygen atoms in total. The lowest BCUT2D eigenvalue weighted by Gasteiger charge is -2.22. The zero-order valence-electron chi connectivity index (χ0n) is 10.5. The Labute approximate surface area is 114 Å². The zero-order chi connectivity index (χ0) is 14.5. The Balaban J connectivity index is 2.20. The van der Waals surface area contributed by atoms with Crippen LogP contribution in [0.5, 0.6) is 0 Å². The number of nitrogens with one attached hydrogen (secondary N) is 1. The maximum atomic E-state index is 13.7. The number of halogens is 1. The fourth-order valence-electron chi connectivity index (χ4n) is 1.79. The standard InChI is InChI=1S/C12H14FN3O4/c13-7-2-1-3-8(10(7)11(14)16-18)15-12(17)9-6-19-4-5-20-9/h1-3,9,18H,4-6H2,(H2,14,16)(H,15,17). The highest BCUT2D eigenvalue weighted by molar-refractivity contribution is 6.06. The van der Waals surface area contributed by atoms with Crippen LogP contribution in [0.15, 0.2) is 23.4 Å². The summed E-state index contributed by atoms with van der Waals surface area (Å²) in [7, 11) is 0. The first-order valence-electron chi connectivity index (χ1n) is 5.90. The summed E-state index contributed by atoms with van der Waals surface area (Å²) in [6.45, 7) is 0.869. The number of ether oxygens (including phenoxy) is 2. The Kier molecular flexibility index (Phi) is 4.49. The van der Waals surface area contributed by atoms with E-state index in [0.29, 0.717) is 13.2 Å². The van der Waals surface area contributed by atoms with E-state index in [2.05, 4.69) is 10.5 Å². The normalized spacial score (nSPS) is 19.6. The van der Waals surface area contributed by atoms with E-state index in [-0.39, 0.29) is 17.9 Å². The predicted octanol–water partition coefficient (Wildman–Crippen LogP) is 0.274. The minimum absolute atomic E-state index is 0.0967. The Hall–Kier alpha value is -2.19. The van der Waals surface area contributed by atoms with E-state index in [1.807, 2.05) is 0 Å².